The summed E-state index contributed by atoms with van der Waals surface area (Å²) in [6.45, 7) is 0. The van der Waals surface area contributed by atoms with Crippen LogP contribution in [0.5, 0.6) is 0 Å². The third-order valence-corrected chi connectivity index (χ3v) is 3.08. The Kier molecular flexibility index (Phi) is 8.98. The van der Waals surface area contributed by atoms with E-state index in [-0.39, 0.29) is 0 Å². The zero-order valence-electron chi connectivity index (χ0n) is 13.3. The van der Waals surface area contributed by atoms with Crippen molar-refractivity contribution in [3.8, 4) is 0 Å². The second-order valence-electron chi connectivity index (χ2n) is 4.65. The van der Waals surface area contributed by atoms with E-state index in [1.807, 2.05) is 0 Å². The van der Waals surface area contributed by atoms with E-state index in [0.29, 0.717) is 0 Å². The highest BCUT2D eigenvalue weighted by molar-refractivity contribution is 7.86. The van der Waals surface area contributed by atoms with E-state index < -0.39 is 39.1 Å². The number of halogens is 9. The van der Waals surface area contributed by atoms with E-state index in [1.54, 1.807) is 12.1 Å². The molecular formula is C15H11F9O3S. The van der Waals surface area contributed by atoms with Gasteiger partial charge in [-0.3, -0.25) is 4.55 Å². The molecule has 0 heterocycles. The van der Waals surface area contributed by atoms with E-state index in [1.165, 1.54) is 24.3 Å². The highest BCUT2D eigenvalue weighted by atomic mass is 32.2. The summed E-state index contributed by atoms with van der Waals surface area (Å²) in [4.78, 5) is 0. The van der Waals surface area contributed by atoms with Gasteiger partial charge in [0.15, 0.2) is 0 Å². The predicted octanol–water partition coefficient (Wildman–Crippen LogP) is 5.80. The summed E-state index contributed by atoms with van der Waals surface area (Å²) in [7, 11) is -5.84. The number of benzene rings is 2. The van der Waals surface area contributed by atoms with Gasteiger partial charge in [-0.15, -0.1) is 0 Å². The summed E-state index contributed by atoms with van der Waals surface area (Å²) in [5.41, 5.74) is -6.74. The van der Waals surface area contributed by atoms with E-state index in [9.17, 15) is 39.5 Å². The van der Waals surface area contributed by atoms with Crippen LogP contribution in [-0.2, 0) is 22.5 Å². The van der Waals surface area contributed by atoms with E-state index >= 15 is 0 Å². The largest absolute Gasteiger partial charge is 0.522 e. The number of alkyl halides is 9. The van der Waals surface area contributed by atoms with Gasteiger partial charge < -0.3 is 0 Å². The molecule has 0 amide bonds. The molecule has 0 radical (unpaired) electrons. The molecule has 0 aromatic heterocycles. The smallest absolute Gasteiger partial charge is 0.279 e. The zero-order valence-corrected chi connectivity index (χ0v) is 14.2. The fourth-order valence-corrected chi connectivity index (χ4v) is 1.25. The molecule has 0 aliphatic heterocycles. The lowest BCUT2D eigenvalue weighted by atomic mass is 10.2. The first-order chi connectivity index (χ1) is 12.5. The monoisotopic (exact) mass is 442 g/mol. The Labute approximate surface area is 153 Å². The van der Waals surface area contributed by atoms with Crippen LogP contribution in [0, 0.1) is 0 Å². The number of hydrogen-bond donors (Lipinski definition) is 1. The minimum Gasteiger partial charge on any atom is -0.279 e. The average Bonchev–Trinajstić information content (AvgIpc) is 2.54. The Hall–Kier alpha value is -2.28. The van der Waals surface area contributed by atoms with Gasteiger partial charge in [0.1, 0.15) is 0 Å². The molecule has 0 spiro atoms. The predicted molar refractivity (Wildman–Crippen MR) is 80.5 cm³/mol. The minimum atomic E-state index is -5.84. The van der Waals surface area contributed by atoms with Gasteiger partial charge in [0.2, 0.25) is 0 Å². The maximum atomic E-state index is 11.8. The number of hydrogen-bond acceptors (Lipinski definition) is 2. The summed E-state index contributed by atoms with van der Waals surface area (Å²) in [5, 5.41) is 0. The van der Waals surface area contributed by atoms with Crippen molar-refractivity contribution < 1.29 is 52.5 Å². The van der Waals surface area contributed by atoms with Crippen molar-refractivity contribution in [1.82, 2.24) is 0 Å². The molecule has 1 N–H and O–H groups in total. The Balaban J connectivity index is 0.000000394. The van der Waals surface area contributed by atoms with Gasteiger partial charge in [-0.1, -0.05) is 60.7 Å². The fourth-order valence-electron chi connectivity index (χ4n) is 1.25. The van der Waals surface area contributed by atoms with Crippen molar-refractivity contribution >= 4 is 10.1 Å². The molecule has 0 fully saturated rings. The second-order valence-corrected chi connectivity index (χ2v) is 6.06. The summed E-state index contributed by atoms with van der Waals surface area (Å²) in [5.74, 6) is 0. The maximum Gasteiger partial charge on any atom is 0.522 e. The molecular weight excluding hydrogens is 431 g/mol. The van der Waals surface area contributed by atoms with Crippen LogP contribution in [-0.4, -0.2) is 18.5 Å². The van der Waals surface area contributed by atoms with Crippen LogP contribution in [0.15, 0.2) is 60.7 Å². The van der Waals surface area contributed by atoms with Gasteiger partial charge in [-0.25, -0.2) is 0 Å². The van der Waals surface area contributed by atoms with E-state index in [0.717, 1.165) is 24.3 Å². The molecule has 13 heteroatoms. The van der Waals surface area contributed by atoms with Gasteiger partial charge in [-0.2, -0.15) is 47.9 Å². The average molecular weight is 442 g/mol. The first kappa shape index (κ1) is 25.7. The van der Waals surface area contributed by atoms with E-state index in [4.69, 9.17) is 13.0 Å². The van der Waals surface area contributed by atoms with Crippen LogP contribution < -0.4 is 0 Å². The van der Waals surface area contributed by atoms with Crippen molar-refractivity contribution in [1.29, 1.82) is 0 Å². The third-order valence-electron chi connectivity index (χ3n) is 2.49. The first-order valence-corrected chi connectivity index (χ1v) is 8.18. The highest BCUT2D eigenvalue weighted by Gasteiger charge is 2.44. The minimum absolute atomic E-state index is 0.602. The summed E-state index contributed by atoms with van der Waals surface area (Å²) < 4.78 is 128. The molecule has 28 heavy (non-hydrogen) atoms. The summed E-state index contributed by atoms with van der Waals surface area (Å²) in [6.07, 6.45) is -8.41. The van der Waals surface area contributed by atoms with E-state index in [2.05, 4.69) is 0 Å². The lowest BCUT2D eigenvalue weighted by molar-refractivity contribution is -0.138. The molecule has 0 saturated carbocycles. The molecule has 0 aliphatic carbocycles. The third kappa shape index (κ3) is 10.2. The van der Waals surface area contributed by atoms with Crippen molar-refractivity contribution in [3.05, 3.63) is 71.8 Å². The van der Waals surface area contributed by atoms with Crippen molar-refractivity contribution in [3.63, 3.8) is 0 Å². The van der Waals surface area contributed by atoms with Gasteiger partial charge in [0.05, 0.1) is 11.1 Å². The Bertz CT molecular complexity index is 747. The van der Waals surface area contributed by atoms with Crippen LogP contribution in [0.25, 0.3) is 0 Å². The molecule has 0 saturated heterocycles. The lowest BCUT2D eigenvalue weighted by Crippen LogP contribution is -2.21. The Morgan fingerprint density at radius 3 is 0.893 bits per heavy atom. The van der Waals surface area contributed by atoms with Gasteiger partial charge in [0.25, 0.3) is 0 Å². The fraction of sp³-hybridized carbons (Fsp3) is 0.200. The van der Waals surface area contributed by atoms with Crippen molar-refractivity contribution in [2.24, 2.45) is 0 Å². The van der Waals surface area contributed by atoms with Crippen molar-refractivity contribution in [2.75, 3.05) is 0 Å². The van der Waals surface area contributed by atoms with Crippen LogP contribution in [0.3, 0.4) is 0 Å². The molecule has 0 aliphatic rings. The van der Waals surface area contributed by atoms with Gasteiger partial charge in [-0.05, 0) is 0 Å². The molecule has 2 aromatic carbocycles. The Morgan fingerprint density at radius 2 is 0.786 bits per heavy atom. The standard InChI is InChI=1S/2C7H5F3.CHF3O3S/c2*8-7(9,10)6-4-2-1-3-5-6;2-1(3,4)8(5,6)7/h2*1-5H;(H,5,6,7). The van der Waals surface area contributed by atoms with Gasteiger partial charge in [0, 0.05) is 0 Å². The highest BCUT2D eigenvalue weighted by Crippen LogP contribution is 2.29. The molecule has 3 nitrogen and oxygen atoms in total. The molecule has 2 rings (SSSR count). The molecule has 0 unspecified atom stereocenters. The Morgan fingerprint density at radius 1 is 0.571 bits per heavy atom. The topological polar surface area (TPSA) is 54.4 Å². The normalized spacial score (nSPS) is 12.2. The van der Waals surface area contributed by atoms with Gasteiger partial charge >= 0.3 is 28.0 Å². The molecule has 0 atom stereocenters. The maximum absolute atomic E-state index is 11.8. The summed E-state index contributed by atoms with van der Waals surface area (Å²) >= 11 is 0. The van der Waals surface area contributed by atoms with Crippen LogP contribution >= 0.6 is 0 Å². The summed E-state index contributed by atoms with van der Waals surface area (Å²) in [6, 6.07) is 12.7. The molecule has 2 aromatic rings. The lowest BCUT2D eigenvalue weighted by Gasteiger charge is -2.03. The second kappa shape index (κ2) is 9.78. The van der Waals surface area contributed by atoms with Crippen LogP contribution in [0.2, 0.25) is 0 Å². The molecule has 0 bridgehead atoms. The number of rotatable bonds is 0. The zero-order chi connectivity index (χ0) is 22.2. The SMILES string of the molecule is FC(F)(F)c1ccccc1.FC(F)(F)c1ccccc1.O=S(=O)(O)C(F)(F)F. The first-order valence-electron chi connectivity index (χ1n) is 6.74. The van der Waals surface area contributed by atoms with Crippen LogP contribution in [0.4, 0.5) is 39.5 Å². The van der Waals surface area contributed by atoms with Crippen LogP contribution in [0.1, 0.15) is 11.1 Å². The van der Waals surface area contributed by atoms with Crippen molar-refractivity contribution in [2.45, 2.75) is 17.9 Å². The quantitative estimate of drug-likeness (QED) is 0.319. The molecule has 158 valence electrons.